The van der Waals surface area contributed by atoms with Crippen LogP contribution >= 0.6 is 12.2 Å². The predicted molar refractivity (Wildman–Crippen MR) is 83.9 cm³/mol. The van der Waals surface area contributed by atoms with E-state index in [9.17, 15) is 0 Å². The van der Waals surface area contributed by atoms with E-state index in [1.165, 1.54) is 5.56 Å². The SMILES string of the molecule is Cc1ccc(C=Nn2c(-c3cc(C)[nH]n3)n[nH]c2=S)cc1. The molecule has 0 atom stereocenters. The van der Waals surface area contributed by atoms with E-state index in [-0.39, 0.29) is 0 Å². The average molecular weight is 298 g/mol. The van der Waals surface area contributed by atoms with Gasteiger partial charge < -0.3 is 0 Å². The lowest BCUT2D eigenvalue weighted by Crippen LogP contribution is -1.95. The van der Waals surface area contributed by atoms with Gasteiger partial charge in [-0.25, -0.2) is 5.10 Å². The van der Waals surface area contributed by atoms with Crippen molar-refractivity contribution in [2.24, 2.45) is 5.10 Å². The smallest absolute Gasteiger partial charge is 0.216 e. The molecular formula is C14H14N6S. The fraction of sp³-hybridized carbons (Fsp3) is 0.143. The van der Waals surface area contributed by atoms with E-state index in [0.717, 1.165) is 11.3 Å². The number of aromatic nitrogens is 5. The second kappa shape index (κ2) is 5.45. The van der Waals surface area contributed by atoms with Crippen LogP contribution in [0.3, 0.4) is 0 Å². The lowest BCUT2D eigenvalue weighted by molar-refractivity contribution is 0.865. The lowest BCUT2D eigenvalue weighted by Gasteiger charge is -1.97. The van der Waals surface area contributed by atoms with Gasteiger partial charge in [0, 0.05) is 5.69 Å². The van der Waals surface area contributed by atoms with Gasteiger partial charge in [-0.15, -0.1) is 0 Å². The molecule has 7 heteroatoms. The molecule has 0 saturated heterocycles. The van der Waals surface area contributed by atoms with Crippen molar-refractivity contribution < 1.29 is 0 Å². The van der Waals surface area contributed by atoms with E-state index in [2.05, 4.69) is 25.5 Å². The fourth-order valence-corrected chi connectivity index (χ4v) is 2.05. The van der Waals surface area contributed by atoms with Gasteiger partial charge in [0.2, 0.25) is 10.6 Å². The third-order valence-corrected chi connectivity index (χ3v) is 3.25. The van der Waals surface area contributed by atoms with Crippen molar-refractivity contribution >= 4 is 18.4 Å². The van der Waals surface area contributed by atoms with E-state index in [0.29, 0.717) is 16.3 Å². The van der Waals surface area contributed by atoms with Crippen molar-refractivity contribution in [2.75, 3.05) is 0 Å². The van der Waals surface area contributed by atoms with Gasteiger partial charge in [0.1, 0.15) is 5.69 Å². The van der Waals surface area contributed by atoms with Gasteiger partial charge in [-0.3, -0.25) is 5.10 Å². The Morgan fingerprint density at radius 2 is 1.90 bits per heavy atom. The van der Waals surface area contributed by atoms with Gasteiger partial charge in [0.25, 0.3) is 0 Å². The van der Waals surface area contributed by atoms with Crippen molar-refractivity contribution in [3.8, 4) is 11.5 Å². The molecule has 21 heavy (non-hydrogen) atoms. The Hall–Kier alpha value is -2.54. The first-order chi connectivity index (χ1) is 10.1. The minimum absolute atomic E-state index is 0.425. The summed E-state index contributed by atoms with van der Waals surface area (Å²) in [5, 5.41) is 18.4. The maximum Gasteiger partial charge on any atom is 0.216 e. The molecule has 0 unspecified atom stereocenters. The Morgan fingerprint density at radius 1 is 1.14 bits per heavy atom. The van der Waals surface area contributed by atoms with Crippen LogP contribution in [0.15, 0.2) is 35.4 Å². The number of benzene rings is 1. The van der Waals surface area contributed by atoms with Crippen LogP contribution in [0.1, 0.15) is 16.8 Å². The van der Waals surface area contributed by atoms with Gasteiger partial charge in [-0.1, -0.05) is 29.8 Å². The molecule has 0 radical (unpaired) electrons. The number of aryl methyl sites for hydroxylation is 2. The van der Waals surface area contributed by atoms with E-state index in [4.69, 9.17) is 12.2 Å². The van der Waals surface area contributed by atoms with Crippen molar-refractivity contribution in [2.45, 2.75) is 13.8 Å². The summed E-state index contributed by atoms with van der Waals surface area (Å²) in [4.78, 5) is 0. The van der Waals surface area contributed by atoms with Gasteiger partial charge in [-0.2, -0.15) is 20.0 Å². The fourth-order valence-electron chi connectivity index (χ4n) is 1.87. The molecule has 0 aliphatic heterocycles. The molecular weight excluding hydrogens is 284 g/mol. The molecule has 0 spiro atoms. The van der Waals surface area contributed by atoms with E-state index >= 15 is 0 Å². The summed E-state index contributed by atoms with van der Waals surface area (Å²) in [6, 6.07) is 9.96. The normalized spacial score (nSPS) is 11.3. The predicted octanol–water partition coefficient (Wildman–Crippen LogP) is 2.83. The number of H-pyrrole nitrogens is 2. The Labute approximate surface area is 126 Å². The minimum atomic E-state index is 0.425. The quantitative estimate of drug-likeness (QED) is 0.577. The second-order valence-corrected chi connectivity index (χ2v) is 5.14. The number of nitrogens with one attached hydrogen (secondary N) is 2. The van der Waals surface area contributed by atoms with Gasteiger partial charge >= 0.3 is 0 Å². The van der Waals surface area contributed by atoms with Gasteiger partial charge in [0.05, 0.1) is 6.21 Å². The van der Waals surface area contributed by atoms with Crippen LogP contribution in [0.4, 0.5) is 0 Å². The highest BCUT2D eigenvalue weighted by Crippen LogP contribution is 2.15. The molecule has 0 bridgehead atoms. The maximum atomic E-state index is 5.21. The van der Waals surface area contributed by atoms with Crippen molar-refractivity contribution in [1.29, 1.82) is 0 Å². The molecule has 0 saturated carbocycles. The number of nitrogens with zero attached hydrogens (tertiary/aromatic N) is 4. The first-order valence-electron chi connectivity index (χ1n) is 6.44. The molecule has 0 aliphatic rings. The summed E-state index contributed by atoms with van der Waals surface area (Å²) in [6.07, 6.45) is 1.74. The van der Waals surface area contributed by atoms with Crippen LogP contribution in [-0.2, 0) is 0 Å². The van der Waals surface area contributed by atoms with E-state index in [1.54, 1.807) is 10.9 Å². The molecule has 1 aromatic carbocycles. The Kier molecular flexibility index (Phi) is 3.49. The van der Waals surface area contributed by atoms with Crippen LogP contribution in [0.2, 0.25) is 0 Å². The lowest BCUT2D eigenvalue weighted by atomic mass is 10.2. The first-order valence-corrected chi connectivity index (χ1v) is 6.85. The van der Waals surface area contributed by atoms with Crippen molar-refractivity contribution in [1.82, 2.24) is 25.1 Å². The number of rotatable bonds is 3. The van der Waals surface area contributed by atoms with Gasteiger partial charge in [-0.05, 0) is 37.7 Å². The second-order valence-electron chi connectivity index (χ2n) is 4.76. The van der Waals surface area contributed by atoms with Crippen LogP contribution < -0.4 is 0 Å². The highest BCUT2D eigenvalue weighted by Gasteiger charge is 2.10. The standard InChI is InChI=1S/C14H14N6S/c1-9-3-5-11(6-4-9)8-15-20-13(18-19-14(20)21)12-7-10(2)16-17-12/h3-8H,1-2H3,(H,16,17)(H,19,21). The third kappa shape index (κ3) is 2.82. The topological polar surface area (TPSA) is 74.7 Å². The molecule has 6 nitrogen and oxygen atoms in total. The number of hydrogen-bond donors (Lipinski definition) is 2. The van der Waals surface area contributed by atoms with Crippen LogP contribution in [-0.4, -0.2) is 31.3 Å². The zero-order chi connectivity index (χ0) is 14.8. The van der Waals surface area contributed by atoms with Crippen molar-refractivity contribution in [3.63, 3.8) is 0 Å². The third-order valence-electron chi connectivity index (χ3n) is 2.99. The highest BCUT2D eigenvalue weighted by molar-refractivity contribution is 7.71. The molecule has 2 heterocycles. The van der Waals surface area contributed by atoms with Crippen LogP contribution in [0.5, 0.6) is 0 Å². The Morgan fingerprint density at radius 3 is 2.57 bits per heavy atom. The first kappa shape index (κ1) is 13.4. The monoisotopic (exact) mass is 298 g/mol. The summed E-state index contributed by atoms with van der Waals surface area (Å²) in [6.45, 7) is 3.97. The molecule has 0 aliphatic carbocycles. The van der Waals surface area contributed by atoms with Crippen molar-refractivity contribution in [3.05, 3.63) is 51.9 Å². The van der Waals surface area contributed by atoms with E-state index in [1.807, 2.05) is 44.2 Å². The summed E-state index contributed by atoms with van der Waals surface area (Å²) in [7, 11) is 0. The summed E-state index contributed by atoms with van der Waals surface area (Å²) >= 11 is 5.21. The molecule has 0 fully saturated rings. The molecule has 3 aromatic rings. The zero-order valence-electron chi connectivity index (χ0n) is 11.7. The largest absolute Gasteiger partial charge is 0.282 e. The molecule has 2 N–H and O–H groups in total. The summed E-state index contributed by atoms with van der Waals surface area (Å²) < 4.78 is 1.99. The van der Waals surface area contributed by atoms with Crippen LogP contribution in [0.25, 0.3) is 11.5 Å². The number of aromatic amines is 2. The van der Waals surface area contributed by atoms with E-state index < -0.39 is 0 Å². The Bertz CT molecular complexity index is 837. The Balaban J connectivity index is 1.97. The maximum absolute atomic E-state index is 5.21. The molecule has 3 rings (SSSR count). The highest BCUT2D eigenvalue weighted by atomic mass is 32.1. The zero-order valence-corrected chi connectivity index (χ0v) is 12.5. The molecule has 2 aromatic heterocycles. The summed E-state index contributed by atoms with van der Waals surface area (Å²) in [5.74, 6) is 0.577. The molecule has 106 valence electrons. The van der Waals surface area contributed by atoms with Gasteiger partial charge in [0.15, 0.2) is 0 Å². The van der Waals surface area contributed by atoms with Crippen LogP contribution in [0, 0.1) is 18.6 Å². The summed E-state index contributed by atoms with van der Waals surface area (Å²) in [5.41, 5.74) is 3.85. The number of hydrogen-bond acceptors (Lipinski definition) is 4. The molecule has 0 amide bonds. The average Bonchev–Trinajstić information content (AvgIpc) is 3.05. The minimum Gasteiger partial charge on any atom is -0.282 e.